The zero-order valence-electron chi connectivity index (χ0n) is 27.1. The minimum absolute atomic E-state index is 0.0727. The summed E-state index contributed by atoms with van der Waals surface area (Å²) in [5.74, 6) is 0.665. The van der Waals surface area contributed by atoms with E-state index in [-0.39, 0.29) is 12.4 Å². The molecule has 0 amide bonds. The summed E-state index contributed by atoms with van der Waals surface area (Å²) in [4.78, 5) is 0. The lowest BCUT2D eigenvalue weighted by Crippen LogP contribution is -2.58. The van der Waals surface area contributed by atoms with E-state index in [9.17, 15) is 5.11 Å². The molecule has 1 saturated heterocycles. The van der Waals surface area contributed by atoms with E-state index in [2.05, 4.69) is 0 Å². The molecule has 1 aliphatic rings. The second kappa shape index (κ2) is 17.1. The summed E-state index contributed by atoms with van der Waals surface area (Å²) in [5.41, 5.74) is 4.64. The molecule has 7 heteroatoms. The second-order valence-corrected chi connectivity index (χ2v) is 11.8. The number of rotatable bonds is 15. The van der Waals surface area contributed by atoms with E-state index in [1.165, 1.54) is 0 Å². The Morgan fingerprint density at radius 2 is 1.00 bits per heavy atom. The topological polar surface area (TPSA) is 75.6 Å². The molecule has 5 aromatic rings. The van der Waals surface area contributed by atoms with Crippen molar-refractivity contribution in [3.05, 3.63) is 167 Å². The Kier molecular flexibility index (Phi) is 11.9. The monoisotopic (exact) mass is 646 g/mol. The van der Waals surface area contributed by atoms with Gasteiger partial charge < -0.3 is 33.5 Å². The van der Waals surface area contributed by atoms with Crippen molar-refractivity contribution in [1.29, 1.82) is 0 Å². The average molecular weight is 647 g/mol. The fraction of sp³-hybridized carbons (Fsp3) is 0.268. The first-order valence-corrected chi connectivity index (χ1v) is 16.3. The third-order valence-corrected chi connectivity index (χ3v) is 8.42. The van der Waals surface area contributed by atoms with Gasteiger partial charge in [0, 0.05) is 5.56 Å². The number of phenolic OH excluding ortho intramolecular Hbond substituents is 1. The summed E-state index contributed by atoms with van der Waals surface area (Å²) in [6, 6.07) is 45.2. The molecule has 7 nitrogen and oxygen atoms in total. The van der Waals surface area contributed by atoms with Crippen molar-refractivity contribution in [2.24, 2.45) is 0 Å². The summed E-state index contributed by atoms with van der Waals surface area (Å²) in [6.45, 7) is 1.62. The summed E-state index contributed by atoms with van der Waals surface area (Å²) in [7, 11) is 1.60. The van der Waals surface area contributed by atoms with Crippen LogP contribution in [0.3, 0.4) is 0 Å². The fourth-order valence-corrected chi connectivity index (χ4v) is 5.93. The Bertz CT molecular complexity index is 1650. The zero-order chi connectivity index (χ0) is 33.0. The van der Waals surface area contributed by atoms with Crippen LogP contribution in [0.4, 0.5) is 0 Å². The first kappa shape index (κ1) is 33.4. The van der Waals surface area contributed by atoms with Crippen molar-refractivity contribution in [2.45, 2.75) is 56.9 Å². The maximum Gasteiger partial charge on any atom is 0.121 e. The van der Waals surface area contributed by atoms with Crippen molar-refractivity contribution in [2.75, 3.05) is 13.7 Å². The van der Waals surface area contributed by atoms with Gasteiger partial charge in [0.1, 0.15) is 42.0 Å². The summed E-state index contributed by atoms with van der Waals surface area (Å²) < 4.78 is 39.0. The van der Waals surface area contributed by atoms with Gasteiger partial charge in [0.15, 0.2) is 0 Å². The van der Waals surface area contributed by atoms with Gasteiger partial charge in [0.2, 0.25) is 0 Å². The predicted octanol–water partition coefficient (Wildman–Crippen LogP) is 7.81. The third-order valence-electron chi connectivity index (χ3n) is 8.42. The first-order chi connectivity index (χ1) is 23.7. The van der Waals surface area contributed by atoms with Crippen LogP contribution in [0.15, 0.2) is 140 Å². The van der Waals surface area contributed by atoms with Crippen molar-refractivity contribution >= 4 is 0 Å². The highest BCUT2D eigenvalue weighted by atomic mass is 16.6. The molecule has 0 radical (unpaired) electrons. The lowest BCUT2D eigenvalue weighted by Gasteiger charge is -2.46. The molecule has 48 heavy (non-hydrogen) atoms. The van der Waals surface area contributed by atoms with Crippen LogP contribution < -0.4 is 4.74 Å². The minimum atomic E-state index is -0.730. The molecule has 0 bridgehead atoms. The molecule has 1 fully saturated rings. The van der Waals surface area contributed by atoms with Gasteiger partial charge in [-0.25, -0.2) is 0 Å². The molecule has 6 rings (SSSR count). The van der Waals surface area contributed by atoms with E-state index < -0.39 is 30.5 Å². The van der Waals surface area contributed by atoms with Gasteiger partial charge in [-0.15, -0.1) is 0 Å². The van der Waals surface area contributed by atoms with Gasteiger partial charge in [-0.1, -0.05) is 121 Å². The molecule has 5 aromatic carbocycles. The molecular weight excluding hydrogens is 604 g/mol. The van der Waals surface area contributed by atoms with Gasteiger partial charge in [0.05, 0.1) is 40.1 Å². The number of aromatic hydroxyl groups is 1. The van der Waals surface area contributed by atoms with Crippen LogP contribution in [-0.2, 0) is 50.1 Å². The second-order valence-electron chi connectivity index (χ2n) is 11.8. The van der Waals surface area contributed by atoms with E-state index in [1.54, 1.807) is 25.3 Å². The summed E-state index contributed by atoms with van der Waals surface area (Å²) in [5, 5.41) is 11.2. The smallest absolute Gasteiger partial charge is 0.121 e. The SMILES string of the molecule is COc1ccc(O)c([C@H]2O[C@H](COCc3ccccc3)[C@@H](OCc3ccccc3)[C@H](OCc3ccccc3)[C@H]2OCc2ccccc2)c1. The maximum absolute atomic E-state index is 11.2. The van der Waals surface area contributed by atoms with E-state index in [4.69, 9.17) is 28.4 Å². The predicted molar refractivity (Wildman–Crippen MR) is 183 cm³/mol. The standard InChI is InChI=1S/C41H42O7/c1-43-34-22-23-36(42)35(24-34)38-40(46-27-32-18-10-4-11-19-32)41(47-28-33-20-12-5-13-21-33)39(45-26-31-16-8-3-9-17-31)37(48-38)29-44-25-30-14-6-2-7-15-30/h2-24,37-42H,25-29H2,1H3/t37-,38-,39-,40+,41+/m1/s1. The number of methoxy groups -OCH3 is 1. The summed E-state index contributed by atoms with van der Waals surface area (Å²) in [6.07, 6.45) is -3.14. The molecule has 1 heterocycles. The largest absolute Gasteiger partial charge is 0.508 e. The minimum Gasteiger partial charge on any atom is -0.508 e. The van der Waals surface area contributed by atoms with Crippen molar-refractivity contribution in [3.8, 4) is 11.5 Å². The van der Waals surface area contributed by atoms with Gasteiger partial charge in [-0.05, 0) is 40.5 Å². The molecule has 5 atom stereocenters. The normalized spacial score (nSPS) is 20.7. The third kappa shape index (κ3) is 8.89. The quantitative estimate of drug-likeness (QED) is 0.124. The number of hydrogen-bond acceptors (Lipinski definition) is 7. The zero-order valence-corrected chi connectivity index (χ0v) is 27.1. The molecule has 248 valence electrons. The molecule has 1 aliphatic heterocycles. The van der Waals surface area contributed by atoms with Crippen molar-refractivity contribution in [3.63, 3.8) is 0 Å². The van der Waals surface area contributed by atoms with E-state index in [0.29, 0.717) is 37.7 Å². The van der Waals surface area contributed by atoms with E-state index in [1.807, 2.05) is 121 Å². The van der Waals surface area contributed by atoms with Gasteiger partial charge >= 0.3 is 0 Å². The van der Waals surface area contributed by atoms with Crippen LogP contribution in [-0.4, -0.2) is 43.2 Å². The first-order valence-electron chi connectivity index (χ1n) is 16.3. The van der Waals surface area contributed by atoms with Crippen molar-refractivity contribution < 1.29 is 33.5 Å². The van der Waals surface area contributed by atoms with Crippen LogP contribution in [0.25, 0.3) is 0 Å². The van der Waals surface area contributed by atoms with Gasteiger partial charge in [0.25, 0.3) is 0 Å². The molecule has 0 unspecified atom stereocenters. The fourth-order valence-electron chi connectivity index (χ4n) is 5.93. The Hall–Kier alpha value is -4.50. The molecule has 0 saturated carbocycles. The number of benzene rings is 5. The van der Waals surface area contributed by atoms with Crippen LogP contribution in [0.5, 0.6) is 11.5 Å². The van der Waals surface area contributed by atoms with E-state index in [0.717, 1.165) is 22.3 Å². The number of hydrogen-bond donors (Lipinski definition) is 1. The Morgan fingerprint density at radius 1 is 0.542 bits per heavy atom. The Labute approximate surface area is 282 Å². The van der Waals surface area contributed by atoms with Crippen molar-refractivity contribution in [1.82, 2.24) is 0 Å². The molecule has 0 aliphatic carbocycles. The van der Waals surface area contributed by atoms with Crippen LogP contribution in [0.1, 0.15) is 33.9 Å². The van der Waals surface area contributed by atoms with Crippen LogP contribution >= 0.6 is 0 Å². The lowest BCUT2D eigenvalue weighted by molar-refractivity contribution is -0.275. The van der Waals surface area contributed by atoms with Crippen LogP contribution in [0, 0.1) is 0 Å². The highest BCUT2D eigenvalue weighted by Gasteiger charge is 2.49. The maximum atomic E-state index is 11.2. The molecule has 0 aromatic heterocycles. The number of ether oxygens (including phenoxy) is 6. The molecule has 0 spiro atoms. The Morgan fingerprint density at radius 3 is 1.50 bits per heavy atom. The lowest BCUT2D eigenvalue weighted by atomic mass is 9.89. The average Bonchev–Trinajstić information content (AvgIpc) is 3.14. The van der Waals surface area contributed by atoms with E-state index >= 15 is 0 Å². The highest BCUT2D eigenvalue weighted by Crippen LogP contribution is 2.42. The van der Waals surface area contributed by atoms with Gasteiger partial charge in [-0.2, -0.15) is 0 Å². The molecule has 1 N–H and O–H groups in total. The van der Waals surface area contributed by atoms with Crippen LogP contribution in [0.2, 0.25) is 0 Å². The number of phenols is 1. The Balaban J connectivity index is 1.37. The summed E-state index contributed by atoms with van der Waals surface area (Å²) >= 11 is 0. The van der Waals surface area contributed by atoms with Gasteiger partial charge in [-0.3, -0.25) is 0 Å². The highest BCUT2D eigenvalue weighted by molar-refractivity contribution is 5.42. The molecular formula is C41H42O7.